The van der Waals surface area contributed by atoms with Gasteiger partial charge in [0, 0.05) is 6.61 Å². The van der Waals surface area contributed by atoms with Gasteiger partial charge in [0.15, 0.2) is 0 Å². The zero-order valence-corrected chi connectivity index (χ0v) is 12.3. The second kappa shape index (κ2) is 5.32. The molecule has 1 saturated heterocycles. The minimum atomic E-state index is 0.0907. The first-order valence-corrected chi connectivity index (χ1v) is 8.58. The number of carbonyl (C=O) groups is 1. The van der Waals surface area contributed by atoms with E-state index >= 15 is 0 Å². The average molecular weight is 278 g/mol. The van der Waals surface area contributed by atoms with Crippen molar-refractivity contribution < 1.29 is 14.3 Å². The highest BCUT2D eigenvalue weighted by Crippen LogP contribution is 2.56. The standard InChI is InChI=1S/C17H26O3/c18-17(20-10-15-3-1-2-4-19-15)16-13-6-11-5-12(8-13)9-14(16)7-11/h11-16H,1-10H2. The zero-order chi connectivity index (χ0) is 13.5. The number of hydrogen-bond acceptors (Lipinski definition) is 3. The summed E-state index contributed by atoms with van der Waals surface area (Å²) < 4.78 is 11.3. The molecule has 1 heterocycles. The molecule has 0 radical (unpaired) electrons. The van der Waals surface area contributed by atoms with Gasteiger partial charge in [0.1, 0.15) is 6.61 Å². The molecule has 3 heteroatoms. The Labute approximate surface area is 121 Å². The van der Waals surface area contributed by atoms with Crippen molar-refractivity contribution in [2.75, 3.05) is 13.2 Å². The second-order valence-corrected chi connectivity index (χ2v) is 7.58. The molecule has 5 fully saturated rings. The van der Waals surface area contributed by atoms with Crippen LogP contribution in [0.1, 0.15) is 51.4 Å². The van der Waals surface area contributed by atoms with Crippen molar-refractivity contribution in [2.45, 2.75) is 57.5 Å². The maximum absolute atomic E-state index is 12.5. The Morgan fingerprint density at radius 2 is 1.70 bits per heavy atom. The summed E-state index contributed by atoms with van der Waals surface area (Å²) in [7, 11) is 0. The molecule has 1 aliphatic heterocycles. The molecule has 0 spiro atoms. The quantitative estimate of drug-likeness (QED) is 0.744. The smallest absolute Gasteiger partial charge is 0.309 e. The molecule has 1 atom stereocenters. The van der Waals surface area contributed by atoms with E-state index in [0.29, 0.717) is 18.4 Å². The number of carbonyl (C=O) groups excluding carboxylic acids is 1. The molecule has 3 nitrogen and oxygen atoms in total. The lowest BCUT2D eigenvalue weighted by Gasteiger charge is -2.53. The Balaban J connectivity index is 1.34. The SMILES string of the molecule is O=C(OCC1CCCCO1)C1C2CC3CC(C2)CC1C3. The van der Waals surface area contributed by atoms with Gasteiger partial charge in [-0.25, -0.2) is 0 Å². The van der Waals surface area contributed by atoms with Gasteiger partial charge in [-0.2, -0.15) is 0 Å². The lowest BCUT2D eigenvalue weighted by atomic mass is 9.52. The zero-order valence-electron chi connectivity index (χ0n) is 12.3. The monoisotopic (exact) mass is 278 g/mol. The van der Waals surface area contributed by atoms with Crippen molar-refractivity contribution >= 4 is 5.97 Å². The highest BCUT2D eigenvalue weighted by Gasteiger charge is 2.51. The van der Waals surface area contributed by atoms with Crippen molar-refractivity contribution in [2.24, 2.45) is 29.6 Å². The van der Waals surface area contributed by atoms with Crippen molar-refractivity contribution in [3.63, 3.8) is 0 Å². The van der Waals surface area contributed by atoms with Gasteiger partial charge in [0.05, 0.1) is 12.0 Å². The Morgan fingerprint density at radius 3 is 2.30 bits per heavy atom. The first-order chi connectivity index (χ1) is 9.79. The van der Waals surface area contributed by atoms with Gasteiger partial charge < -0.3 is 9.47 Å². The van der Waals surface area contributed by atoms with Gasteiger partial charge in [0.2, 0.25) is 0 Å². The third-order valence-corrected chi connectivity index (χ3v) is 6.18. The maximum atomic E-state index is 12.5. The molecule has 20 heavy (non-hydrogen) atoms. The Bertz CT molecular complexity index is 344. The van der Waals surface area contributed by atoms with E-state index in [1.807, 2.05) is 0 Å². The van der Waals surface area contributed by atoms with E-state index in [2.05, 4.69) is 0 Å². The fourth-order valence-electron chi connectivity index (χ4n) is 5.52. The van der Waals surface area contributed by atoms with Crippen LogP contribution in [0.4, 0.5) is 0 Å². The summed E-state index contributed by atoms with van der Waals surface area (Å²) in [4.78, 5) is 12.5. The van der Waals surface area contributed by atoms with Crippen LogP contribution in [0.2, 0.25) is 0 Å². The average Bonchev–Trinajstić information content (AvgIpc) is 2.45. The van der Waals surface area contributed by atoms with Crippen LogP contribution in [0.5, 0.6) is 0 Å². The van der Waals surface area contributed by atoms with Crippen LogP contribution in [0, 0.1) is 29.6 Å². The summed E-state index contributed by atoms with van der Waals surface area (Å²) in [6.45, 7) is 1.32. The van der Waals surface area contributed by atoms with Gasteiger partial charge in [-0.05, 0) is 75.0 Å². The summed E-state index contributed by atoms with van der Waals surface area (Å²) >= 11 is 0. The van der Waals surface area contributed by atoms with Crippen LogP contribution < -0.4 is 0 Å². The summed E-state index contributed by atoms with van der Waals surface area (Å²) in [5.74, 6) is 3.41. The Kier molecular flexibility index (Phi) is 3.49. The molecule has 0 aromatic carbocycles. The molecule has 4 saturated carbocycles. The molecule has 5 rings (SSSR count). The van der Waals surface area contributed by atoms with E-state index in [4.69, 9.17) is 9.47 Å². The van der Waals surface area contributed by atoms with Crippen LogP contribution in [0.25, 0.3) is 0 Å². The molecule has 0 aromatic heterocycles. The number of esters is 1. The fourth-order valence-corrected chi connectivity index (χ4v) is 5.52. The summed E-state index contributed by atoms with van der Waals surface area (Å²) in [6, 6.07) is 0. The third kappa shape index (κ3) is 2.38. The highest BCUT2D eigenvalue weighted by atomic mass is 16.6. The molecule has 0 amide bonds. The molecule has 4 bridgehead atoms. The lowest BCUT2D eigenvalue weighted by Crippen LogP contribution is -2.48. The number of rotatable bonds is 3. The first kappa shape index (κ1) is 13.1. The fraction of sp³-hybridized carbons (Fsp3) is 0.941. The van der Waals surface area contributed by atoms with Crippen LogP contribution in [-0.2, 0) is 14.3 Å². The van der Waals surface area contributed by atoms with E-state index in [-0.39, 0.29) is 18.0 Å². The normalized spacial score (nSPS) is 46.4. The molecule has 0 N–H and O–H groups in total. The van der Waals surface area contributed by atoms with Gasteiger partial charge in [-0.15, -0.1) is 0 Å². The highest BCUT2D eigenvalue weighted by molar-refractivity contribution is 5.73. The Hall–Kier alpha value is -0.570. The summed E-state index contributed by atoms with van der Waals surface area (Å²) in [5, 5.41) is 0. The minimum Gasteiger partial charge on any atom is -0.463 e. The topological polar surface area (TPSA) is 35.5 Å². The van der Waals surface area contributed by atoms with Crippen LogP contribution >= 0.6 is 0 Å². The molecule has 4 aliphatic carbocycles. The third-order valence-electron chi connectivity index (χ3n) is 6.18. The largest absolute Gasteiger partial charge is 0.463 e. The summed E-state index contributed by atoms with van der Waals surface area (Å²) in [6.07, 6.45) is 10.1. The predicted octanol–water partition coefficient (Wildman–Crippen LogP) is 3.17. The van der Waals surface area contributed by atoms with E-state index in [1.165, 1.54) is 38.5 Å². The van der Waals surface area contributed by atoms with Crippen LogP contribution in [0.3, 0.4) is 0 Å². The van der Waals surface area contributed by atoms with Gasteiger partial charge >= 0.3 is 5.97 Å². The van der Waals surface area contributed by atoms with Crippen molar-refractivity contribution in [3.8, 4) is 0 Å². The van der Waals surface area contributed by atoms with E-state index in [9.17, 15) is 4.79 Å². The first-order valence-electron chi connectivity index (χ1n) is 8.58. The van der Waals surface area contributed by atoms with E-state index in [0.717, 1.165) is 31.3 Å². The molecular formula is C17H26O3. The lowest BCUT2D eigenvalue weighted by molar-refractivity contribution is -0.167. The Morgan fingerprint density at radius 1 is 1.00 bits per heavy atom. The predicted molar refractivity (Wildman–Crippen MR) is 75.1 cm³/mol. The molecule has 112 valence electrons. The van der Waals surface area contributed by atoms with Gasteiger partial charge in [-0.1, -0.05) is 0 Å². The second-order valence-electron chi connectivity index (χ2n) is 7.58. The van der Waals surface area contributed by atoms with Crippen LogP contribution in [0.15, 0.2) is 0 Å². The van der Waals surface area contributed by atoms with E-state index in [1.54, 1.807) is 0 Å². The molecular weight excluding hydrogens is 252 g/mol. The van der Waals surface area contributed by atoms with Gasteiger partial charge in [-0.3, -0.25) is 4.79 Å². The number of hydrogen-bond donors (Lipinski definition) is 0. The molecule has 5 aliphatic rings. The minimum absolute atomic E-state index is 0.0907. The van der Waals surface area contributed by atoms with Crippen LogP contribution in [-0.4, -0.2) is 25.3 Å². The van der Waals surface area contributed by atoms with Crippen molar-refractivity contribution in [3.05, 3.63) is 0 Å². The maximum Gasteiger partial charge on any atom is 0.309 e. The van der Waals surface area contributed by atoms with Crippen molar-refractivity contribution in [1.29, 1.82) is 0 Å². The van der Waals surface area contributed by atoms with Gasteiger partial charge in [0.25, 0.3) is 0 Å². The van der Waals surface area contributed by atoms with Crippen molar-refractivity contribution in [1.82, 2.24) is 0 Å². The summed E-state index contributed by atoms with van der Waals surface area (Å²) in [5.41, 5.74) is 0. The molecule has 0 aromatic rings. The molecule has 1 unspecified atom stereocenters. The number of ether oxygens (including phenoxy) is 2. The van der Waals surface area contributed by atoms with E-state index < -0.39 is 0 Å².